The van der Waals surface area contributed by atoms with Gasteiger partial charge in [0.25, 0.3) is 5.79 Å². The van der Waals surface area contributed by atoms with E-state index in [9.17, 15) is 9.59 Å². The fourth-order valence-electron chi connectivity index (χ4n) is 1.76. The molecule has 0 aliphatic rings. The first-order valence-electron chi connectivity index (χ1n) is 7.32. The van der Waals surface area contributed by atoms with Crippen LogP contribution in [0.25, 0.3) is 6.08 Å². The molecule has 0 amide bonds. The van der Waals surface area contributed by atoms with Crippen LogP contribution in [0.2, 0.25) is 0 Å². The molecule has 0 heterocycles. The van der Waals surface area contributed by atoms with Crippen LogP contribution in [0, 0.1) is 0 Å². The molecule has 0 saturated carbocycles. The number of methoxy groups -OCH3 is 2. The molecule has 1 aromatic rings. The zero-order chi connectivity index (χ0) is 18.0. The Hall–Kier alpha value is -2.50. The number of hydrogen-bond donors (Lipinski definition) is 0. The van der Waals surface area contributed by atoms with Gasteiger partial charge < -0.3 is 14.2 Å². The Labute approximate surface area is 142 Å². The molecule has 24 heavy (non-hydrogen) atoms. The molecule has 0 N–H and O–H groups in total. The summed E-state index contributed by atoms with van der Waals surface area (Å²) in [6.07, 6.45) is 6.46. The normalized spacial score (nSPS) is 11.8. The molecule has 0 atom stereocenters. The molecule has 0 spiro atoms. The Morgan fingerprint density at radius 1 is 1.12 bits per heavy atom. The van der Waals surface area contributed by atoms with Crippen LogP contribution in [0.4, 0.5) is 0 Å². The van der Waals surface area contributed by atoms with E-state index in [2.05, 4.69) is 6.58 Å². The van der Waals surface area contributed by atoms with Crippen molar-refractivity contribution in [2.45, 2.75) is 12.7 Å². The molecule has 0 aliphatic heterocycles. The van der Waals surface area contributed by atoms with Crippen molar-refractivity contribution in [3.05, 3.63) is 66.3 Å². The third kappa shape index (κ3) is 5.61. The van der Waals surface area contributed by atoms with E-state index < -0.39 is 17.5 Å². The number of allylic oxidation sites excluding steroid dienone is 2. The number of esters is 1. The van der Waals surface area contributed by atoms with Gasteiger partial charge in [-0.1, -0.05) is 55.1 Å². The lowest BCUT2D eigenvalue weighted by molar-refractivity contribution is -0.222. The molecule has 0 aliphatic carbocycles. The first kappa shape index (κ1) is 19.5. The van der Waals surface area contributed by atoms with Crippen LogP contribution in [0.3, 0.4) is 0 Å². The summed E-state index contributed by atoms with van der Waals surface area (Å²) in [5, 5.41) is 0. The van der Waals surface area contributed by atoms with Gasteiger partial charge in [-0.15, -0.1) is 0 Å². The quantitative estimate of drug-likeness (QED) is 0.301. The summed E-state index contributed by atoms with van der Waals surface area (Å²) in [4.78, 5) is 23.8. The fraction of sp³-hybridized carbons (Fsp3) is 0.263. The summed E-state index contributed by atoms with van der Waals surface area (Å²) in [6.45, 7) is 4.63. The highest BCUT2D eigenvalue weighted by atomic mass is 16.7. The van der Waals surface area contributed by atoms with Crippen LogP contribution in [0.15, 0.2) is 60.7 Å². The maximum Gasteiger partial charge on any atom is 0.333 e. The Morgan fingerprint density at radius 3 is 2.29 bits per heavy atom. The highest BCUT2D eigenvalue weighted by molar-refractivity contribution is 5.96. The fourth-order valence-corrected chi connectivity index (χ4v) is 1.76. The van der Waals surface area contributed by atoms with E-state index in [1.165, 1.54) is 27.2 Å². The van der Waals surface area contributed by atoms with Gasteiger partial charge in [0.1, 0.15) is 0 Å². The molecule has 0 radical (unpaired) electrons. The molecular weight excluding hydrogens is 308 g/mol. The maximum absolute atomic E-state index is 12.3. The number of ether oxygens (including phenoxy) is 3. The van der Waals surface area contributed by atoms with Crippen LogP contribution in [0.1, 0.15) is 12.5 Å². The third-order valence-corrected chi connectivity index (χ3v) is 3.22. The van der Waals surface area contributed by atoms with Crippen molar-refractivity contribution < 1.29 is 23.8 Å². The molecule has 1 rings (SSSR count). The van der Waals surface area contributed by atoms with Crippen LogP contribution in [-0.2, 0) is 23.8 Å². The first-order valence-corrected chi connectivity index (χ1v) is 7.32. The van der Waals surface area contributed by atoms with E-state index in [1.807, 2.05) is 36.4 Å². The minimum atomic E-state index is -1.68. The second kappa shape index (κ2) is 9.60. The molecule has 0 fully saturated rings. The Bertz CT molecular complexity index is 624. The molecule has 0 saturated heterocycles. The number of ketones is 1. The molecule has 5 nitrogen and oxygen atoms in total. The van der Waals surface area contributed by atoms with Crippen LogP contribution >= 0.6 is 0 Å². The van der Waals surface area contributed by atoms with Crippen molar-refractivity contribution in [3.63, 3.8) is 0 Å². The lowest BCUT2D eigenvalue weighted by atomic mass is 10.1. The van der Waals surface area contributed by atoms with E-state index in [1.54, 1.807) is 12.2 Å². The third-order valence-electron chi connectivity index (χ3n) is 3.22. The summed E-state index contributed by atoms with van der Waals surface area (Å²) in [7, 11) is 2.62. The number of hydrogen-bond acceptors (Lipinski definition) is 5. The summed E-state index contributed by atoms with van der Waals surface area (Å²) in [5.41, 5.74) is 1.24. The molecule has 0 aromatic heterocycles. The maximum atomic E-state index is 12.3. The number of rotatable bonds is 9. The minimum Gasteiger partial charge on any atom is -0.456 e. The molecule has 0 bridgehead atoms. The lowest BCUT2D eigenvalue weighted by Gasteiger charge is -2.27. The zero-order valence-electron chi connectivity index (χ0n) is 14.2. The monoisotopic (exact) mass is 330 g/mol. The van der Waals surface area contributed by atoms with E-state index in [-0.39, 0.29) is 12.2 Å². The zero-order valence-corrected chi connectivity index (χ0v) is 14.2. The van der Waals surface area contributed by atoms with Crippen molar-refractivity contribution in [3.8, 4) is 0 Å². The van der Waals surface area contributed by atoms with Gasteiger partial charge in [0.15, 0.2) is 6.61 Å². The van der Waals surface area contributed by atoms with Crippen molar-refractivity contribution in [2.24, 2.45) is 0 Å². The SMILES string of the molecule is C=C(C)C(=O)OCC(OC)(OC)C(=O)C=CC=Cc1ccccc1. The highest BCUT2D eigenvalue weighted by Gasteiger charge is 2.39. The Balaban J connectivity index is 2.74. The van der Waals surface area contributed by atoms with Gasteiger partial charge in [-0.25, -0.2) is 4.79 Å². The predicted octanol–water partition coefficient (Wildman–Crippen LogP) is 2.93. The van der Waals surface area contributed by atoms with Crippen LogP contribution in [-0.4, -0.2) is 38.4 Å². The second-order valence-corrected chi connectivity index (χ2v) is 5.01. The predicted molar refractivity (Wildman–Crippen MR) is 92.1 cm³/mol. The van der Waals surface area contributed by atoms with Gasteiger partial charge >= 0.3 is 5.97 Å². The summed E-state index contributed by atoms with van der Waals surface area (Å²) >= 11 is 0. The largest absolute Gasteiger partial charge is 0.456 e. The van der Waals surface area contributed by atoms with E-state index >= 15 is 0 Å². The van der Waals surface area contributed by atoms with Gasteiger partial charge in [0.2, 0.25) is 5.78 Å². The Morgan fingerprint density at radius 2 is 1.75 bits per heavy atom. The molecular formula is C19H22O5. The van der Waals surface area contributed by atoms with Crippen molar-refractivity contribution >= 4 is 17.8 Å². The molecule has 128 valence electrons. The van der Waals surface area contributed by atoms with Crippen molar-refractivity contribution in [1.82, 2.24) is 0 Å². The van der Waals surface area contributed by atoms with E-state index in [0.29, 0.717) is 0 Å². The number of benzene rings is 1. The number of carbonyl (C=O) groups excluding carboxylic acids is 2. The molecule has 5 heteroatoms. The second-order valence-electron chi connectivity index (χ2n) is 5.01. The van der Waals surface area contributed by atoms with Gasteiger partial charge in [-0.3, -0.25) is 4.79 Å². The van der Waals surface area contributed by atoms with Gasteiger partial charge in [-0.05, 0) is 18.6 Å². The molecule has 1 aromatic carbocycles. The average molecular weight is 330 g/mol. The smallest absolute Gasteiger partial charge is 0.333 e. The average Bonchev–Trinajstić information content (AvgIpc) is 2.60. The lowest BCUT2D eigenvalue weighted by Crippen LogP contribution is -2.46. The van der Waals surface area contributed by atoms with Gasteiger partial charge in [-0.2, -0.15) is 0 Å². The Kier molecular flexibility index (Phi) is 7.82. The standard InChI is InChI=1S/C19H22O5/c1-15(2)18(21)24-14-19(22-3,23-4)17(20)13-9-8-12-16-10-6-5-7-11-16/h5-13H,1,14H2,2-4H3. The summed E-state index contributed by atoms with van der Waals surface area (Å²) in [6, 6.07) is 9.65. The van der Waals surface area contributed by atoms with Crippen LogP contribution < -0.4 is 0 Å². The first-order chi connectivity index (χ1) is 11.4. The van der Waals surface area contributed by atoms with Gasteiger partial charge in [0.05, 0.1) is 0 Å². The van der Waals surface area contributed by atoms with E-state index in [4.69, 9.17) is 14.2 Å². The van der Waals surface area contributed by atoms with E-state index in [0.717, 1.165) is 5.56 Å². The van der Waals surface area contributed by atoms with Crippen molar-refractivity contribution in [1.29, 1.82) is 0 Å². The highest BCUT2D eigenvalue weighted by Crippen LogP contribution is 2.15. The number of carbonyl (C=O) groups is 2. The summed E-state index contributed by atoms with van der Waals surface area (Å²) < 4.78 is 15.3. The van der Waals surface area contributed by atoms with Crippen molar-refractivity contribution in [2.75, 3.05) is 20.8 Å². The summed E-state index contributed by atoms with van der Waals surface area (Å²) in [5.74, 6) is -2.77. The molecule has 0 unspecified atom stereocenters. The van der Waals surface area contributed by atoms with Crippen LogP contribution in [0.5, 0.6) is 0 Å². The topological polar surface area (TPSA) is 61.8 Å². The minimum absolute atomic E-state index is 0.227. The van der Waals surface area contributed by atoms with Gasteiger partial charge in [0, 0.05) is 19.8 Å².